The maximum atomic E-state index is 10.3. The summed E-state index contributed by atoms with van der Waals surface area (Å²) in [5.74, 6) is -0.988. The van der Waals surface area contributed by atoms with Gasteiger partial charge in [-0.1, -0.05) is 12.1 Å². The Balaban J connectivity index is 0.000000561. The summed E-state index contributed by atoms with van der Waals surface area (Å²) in [5, 5.41) is 8.49. The van der Waals surface area contributed by atoms with Crippen LogP contribution in [0.5, 0.6) is 0 Å². The van der Waals surface area contributed by atoms with Gasteiger partial charge < -0.3 is 15.6 Å². The lowest BCUT2D eigenvalue weighted by atomic mass is 10.2. The lowest BCUT2D eigenvalue weighted by Gasteiger charge is -1.96. The molecule has 0 atom stereocenters. The van der Waals surface area contributed by atoms with Gasteiger partial charge in [0.25, 0.3) is 0 Å². The number of para-hydroxylation sites is 1. The van der Waals surface area contributed by atoms with Gasteiger partial charge in [0.1, 0.15) is 6.79 Å². The number of carbonyl (C=O) groups excluding carboxylic acids is 1. The molecule has 1 aromatic rings. The van der Waals surface area contributed by atoms with Gasteiger partial charge in [0.2, 0.25) is 0 Å². The van der Waals surface area contributed by atoms with Crippen molar-refractivity contribution in [1.29, 1.82) is 0 Å². The number of nitrogen functional groups attached to an aromatic ring is 1. The molecular weight excluding hydrogens is 158 g/mol. The minimum atomic E-state index is -0.988. The van der Waals surface area contributed by atoms with Crippen molar-refractivity contribution in [2.24, 2.45) is 0 Å². The van der Waals surface area contributed by atoms with Crippen molar-refractivity contribution in [3.8, 4) is 0 Å². The van der Waals surface area contributed by atoms with Crippen LogP contribution in [-0.2, 0) is 4.79 Å². The summed E-state index contributed by atoms with van der Waals surface area (Å²) in [6.45, 7) is 2.00. The van der Waals surface area contributed by atoms with E-state index in [4.69, 9.17) is 15.6 Å². The Kier molecular flexibility index (Phi) is 4.15. The smallest absolute Gasteiger partial charge is 0.337 e. The third-order valence-electron chi connectivity index (χ3n) is 1.19. The van der Waals surface area contributed by atoms with Gasteiger partial charge in [0.05, 0.1) is 5.56 Å². The van der Waals surface area contributed by atoms with Crippen LogP contribution in [0.15, 0.2) is 24.3 Å². The number of anilines is 1. The number of hydrogen-bond acceptors (Lipinski definition) is 3. The van der Waals surface area contributed by atoms with Gasteiger partial charge >= 0.3 is 5.97 Å². The van der Waals surface area contributed by atoms with Crippen LogP contribution in [0.4, 0.5) is 5.69 Å². The van der Waals surface area contributed by atoms with Crippen molar-refractivity contribution in [2.75, 3.05) is 5.73 Å². The fourth-order valence-corrected chi connectivity index (χ4v) is 0.692. The number of nitrogens with two attached hydrogens (primary N) is 1. The zero-order valence-electron chi connectivity index (χ0n) is 6.36. The topological polar surface area (TPSA) is 80.4 Å². The summed E-state index contributed by atoms with van der Waals surface area (Å²) in [6, 6.07) is 6.36. The van der Waals surface area contributed by atoms with Crippen LogP contribution >= 0.6 is 0 Å². The van der Waals surface area contributed by atoms with Crippen LogP contribution in [0, 0.1) is 0 Å². The molecule has 0 spiro atoms. The Hall–Kier alpha value is -1.84. The van der Waals surface area contributed by atoms with Crippen molar-refractivity contribution in [3.63, 3.8) is 0 Å². The molecule has 0 aliphatic rings. The van der Waals surface area contributed by atoms with Gasteiger partial charge in [-0.05, 0) is 12.1 Å². The maximum absolute atomic E-state index is 10.3. The quantitative estimate of drug-likeness (QED) is 0.605. The first-order chi connectivity index (χ1) is 5.72. The molecule has 0 bridgehead atoms. The molecule has 0 saturated heterocycles. The molecule has 0 fully saturated rings. The van der Waals surface area contributed by atoms with Gasteiger partial charge in [-0.3, -0.25) is 0 Å². The predicted molar refractivity (Wildman–Crippen MR) is 44.9 cm³/mol. The minimum Gasteiger partial charge on any atom is -0.478 e. The van der Waals surface area contributed by atoms with Gasteiger partial charge in [0, 0.05) is 5.69 Å². The van der Waals surface area contributed by atoms with E-state index in [1.807, 2.05) is 6.79 Å². The molecule has 1 rings (SSSR count). The minimum absolute atomic E-state index is 0.155. The largest absolute Gasteiger partial charge is 0.478 e. The number of aromatic carboxylic acids is 1. The second-order valence-corrected chi connectivity index (χ2v) is 1.89. The third-order valence-corrected chi connectivity index (χ3v) is 1.19. The first-order valence-electron chi connectivity index (χ1n) is 3.08. The Morgan fingerprint density at radius 1 is 1.33 bits per heavy atom. The van der Waals surface area contributed by atoms with E-state index in [2.05, 4.69) is 0 Å². The molecule has 0 saturated carbocycles. The SMILES string of the molecule is C=O.Nc1ccccc1C(=O)O. The molecule has 0 aliphatic heterocycles. The second-order valence-electron chi connectivity index (χ2n) is 1.89. The zero-order chi connectivity index (χ0) is 9.56. The molecule has 0 amide bonds. The summed E-state index contributed by atoms with van der Waals surface area (Å²) in [5.41, 5.74) is 5.80. The zero-order valence-corrected chi connectivity index (χ0v) is 6.36. The summed E-state index contributed by atoms with van der Waals surface area (Å²) in [4.78, 5) is 18.3. The predicted octanol–water partition coefficient (Wildman–Crippen LogP) is 0.782. The number of benzene rings is 1. The van der Waals surface area contributed by atoms with Crippen molar-refractivity contribution < 1.29 is 14.7 Å². The molecule has 4 heteroatoms. The monoisotopic (exact) mass is 167 g/mol. The third kappa shape index (κ3) is 2.42. The van der Waals surface area contributed by atoms with Crippen LogP contribution in [0.25, 0.3) is 0 Å². The summed E-state index contributed by atoms with van der Waals surface area (Å²) >= 11 is 0. The van der Waals surface area contributed by atoms with Gasteiger partial charge in [0.15, 0.2) is 0 Å². The van der Waals surface area contributed by atoms with Gasteiger partial charge in [-0.15, -0.1) is 0 Å². The van der Waals surface area contributed by atoms with Crippen molar-refractivity contribution >= 4 is 18.4 Å². The summed E-state index contributed by atoms with van der Waals surface area (Å²) in [6.07, 6.45) is 0. The van der Waals surface area contributed by atoms with E-state index in [0.717, 1.165) is 0 Å². The molecule has 0 unspecified atom stereocenters. The van der Waals surface area contributed by atoms with E-state index >= 15 is 0 Å². The molecule has 4 nitrogen and oxygen atoms in total. The maximum Gasteiger partial charge on any atom is 0.337 e. The van der Waals surface area contributed by atoms with Gasteiger partial charge in [-0.25, -0.2) is 4.79 Å². The Morgan fingerprint density at radius 2 is 1.83 bits per heavy atom. The molecule has 0 heterocycles. The molecule has 3 N–H and O–H groups in total. The van der Waals surface area contributed by atoms with E-state index in [1.54, 1.807) is 18.2 Å². The molecule has 0 aromatic heterocycles. The van der Waals surface area contributed by atoms with Crippen LogP contribution in [0.1, 0.15) is 10.4 Å². The van der Waals surface area contributed by atoms with Crippen LogP contribution < -0.4 is 5.73 Å². The van der Waals surface area contributed by atoms with E-state index in [1.165, 1.54) is 6.07 Å². The highest BCUT2D eigenvalue weighted by Gasteiger charge is 2.03. The molecule has 64 valence electrons. The molecule has 0 aliphatic carbocycles. The first kappa shape index (κ1) is 10.2. The van der Waals surface area contributed by atoms with Crippen molar-refractivity contribution in [3.05, 3.63) is 29.8 Å². The van der Waals surface area contributed by atoms with E-state index in [9.17, 15) is 4.79 Å². The fourth-order valence-electron chi connectivity index (χ4n) is 0.692. The lowest BCUT2D eigenvalue weighted by molar-refractivity contribution is -0.0980. The Morgan fingerprint density at radius 3 is 2.17 bits per heavy atom. The average Bonchev–Trinajstić information content (AvgIpc) is 2.08. The van der Waals surface area contributed by atoms with Crippen LogP contribution in [0.3, 0.4) is 0 Å². The number of carboxylic acids is 1. The summed E-state index contributed by atoms with van der Waals surface area (Å²) < 4.78 is 0. The lowest BCUT2D eigenvalue weighted by Crippen LogP contribution is -2.00. The van der Waals surface area contributed by atoms with Crippen LogP contribution in [0.2, 0.25) is 0 Å². The number of rotatable bonds is 1. The highest BCUT2D eigenvalue weighted by atomic mass is 16.4. The number of carbonyl (C=O) groups is 2. The molecule has 1 aromatic carbocycles. The standard InChI is InChI=1S/C7H7NO2.CH2O/c8-6-4-2-1-3-5(6)7(9)10;1-2/h1-4H,8H2,(H,9,10);1H2. The highest BCUT2D eigenvalue weighted by molar-refractivity contribution is 5.93. The van der Waals surface area contributed by atoms with E-state index in [0.29, 0.717) is 5.69 Å². The van der Waals surface area contributed by atoms with E-state index < -0.39 is 5.97 Å². The van der Waals surface area contributed by atoms with Crippen LogP contribution in [-0.4, -0.2) is 17.9 Å². The average molecular weight is 167 g/mol. The highest BCUT2D eigenvalue weighted by Crippen LogP contribution is 2.08. The van der Waals surface area contributed by atoms with Crippen molar-refractivity contribution in [2.45, 2.75) is 0 Å². The Bertz CT molecular complexity index is 273. The van der Waals surface area contributed by atoms with E-state index in [-0.39, 0.29) is 5.56 Å². The second kappa shape index (κ2) is 4.90. The molecular formula is C8H9NO3. The number of carboxylic acid groups (broad SMARTS) is 1. The Labute approximate surface area is 69.6 Å². The normalized spacial score (nSPS) is 8.00. The summed E-state index contributed by atoms with van der Waals surface area (Å²) in [7, 11) is 0. The number of hydrogen-bond donors (Lipinski definition) is 2. The van der Waals surface area contributed by atoms with Gasteiger partial charge in [-0.2, -0.15) is 0 Å². The molecule has 12 heavy (non-hydrogen) atoms. The first-order valence-corrected chi connectivity index (χ1v) is 3.08. The molecule has 0 radical (unpaired) electrons. The fraction of sp³-hybridized carbons (Fsp3) is 0. The van der Waals surface area contributed by atoms with Crippen molar-refractivity contribution in [1.82, 2.24) is 0 Å².